The van der Waals surface area contributed by atoms with Gasteiger partial charge in [0.05, 0.1) is 0 Å². The molecule has 7 aromatic rings. The zero-order valence-corrected chi connectivity index (χ0v) is 32.0. The summed E-state index contributed by atoms with van der Waals surface area (Å²) in [5, 5.41) is 0. The van der Waals surface area contributed by atoms with E-state index in [0.717, 1.165) is 11.4 Å². The van der Waals surface area contributed by atoms with E-state index in [1.54, 1.807) is 0 Å². The summed E-state index contributed by atoms with van der Waals surface area (Å²) in [5.41, 5.74) is 20.7. The van der Waals surface area contributed by atoms with Crippen LogP contribution >= 0.6 is 0 Å². The second kappa shape index (κ2) is 11.9. The summed E-state index contributed by atoms with van der Waals surface area (Å²) in [7, 11) is 0. The largest absolute Gasteiger partial charge is 0.310 e. The van der Waals surface area contributed by atoms with Crippen molar-refractivity contribution in [2.45, 2.75) is 64.7 Å². The van der Waals surface area contributed by atoms with Crippen molar-refractivity contribution < 1.29 is 0 Å². The van der Waals surface area contributed by atoms with E-state index in [9.17, 15) is 0 Å². The van der Waals surface area contributed by atoms with Gasteiger partial charge in [-0.3, -0.25) is 0 Å². The molecule has 0 aliphatic heterocycles. The fraction of sp³-hybridized carbons (Fsp3) is 0.192. The Labute approximate surface area is 315 Å². The molecular formula is C52H47N. The average Bonchev–Trinajstić information content (AvgIpc) is 3.55. The molecule has 0 bridgehead atoms. The quantitative estimate of drug-likeness (QED) is 0.174. The molecular weight excluding hydrogens is 639 g/mol. The minimum Gasteiger partial charge on any atom is -0.310 e. The van der Waals surface area contributed by atoms with Gasteiger partial charge >= 0.3 is 0 Å². The van der Waals surface area contributed by atoms with Crippen molar-refractivity contribution in [2.24, 2.45) is 0 Å². The lowest BCUT2D eigenvalue weighted by molar-refractivity contribution is 0.590. The summed E-state index contributed by atoms with van der Waals surface area (Å²) in [4.78, 5) is 2.42. The molecule has 260 valence electrons. The number of fused-ring (bicyclic) bond motifs is 6. The third-order valence-electron chi connectivity index (χ3n) is 12.1. The van der Waals surface area contributed by atoms with E-state index < -0.39 is 0 Å². The number of nitrogens with zero attached hydrogens (tertiary/aromatic N) is 1. The second-order valence-corrected chi connectivity index (χ2v) is 17.0. The molecule has 1 nitrogen and oxygen atoms in total. The first kappa shape index (κ1) is 33.2. The van der Waals surface area contributed by atoms with Gasteiger partial charge in [-0.1, -0.05) is 170 Å². The smallest absolute Gasteiger partial charge is 0.0465 e. The number of benzene rings is 7. The molecule has 0 heterocycles. The topological polar surface area (TPSA) is 3.24 Å². The lowest BCUT2D eigenvalue weighted by Gasteiger charge is -2.29. The Hall–Kier alpha value is -5.66. The van der Waals surface area contributed by atoms with Gasteiger partial charge in [-0.2, -0.15) is 0 Å². The van der Waals surface area contributed by atoms with Crippen LogP contribution in [0.5, 0.6) is 0 Å². The van der Waals surface area contributed by atoms with Crippen LogP contribution in [-0.2, 0) is 16.2 Å². The molecule has 53 heavy (non-hydrogen) atoms. The van der Waals surface area contributed by atoms with E-state index in [2.05, 4.69) is 211 Å². The Morgan fingerprint density at radius 1 is 0.377 bits per heavy atom. The van der Waals surface area contributed by atoms with Crippen LogP contribution in [0.2, 0.25) is 0 Å². The first-order valence-corrected chi connectivity index (χ1v) is 19.0. The maximum atomic E-state index is 2.42. The Bertz CT molecular complexity index is 2520. The highest BCUT2D eigenvalue weighted by molar-refractivity contribution is 5.93. The molecule has 0 radical (unpaired) electrons. The van der Waals surface area contributed by atoms with Crippen molar-refractivity contribution in [1.82, 2.24) is 0 Å². The van der Waals surface area contributed by atoms with E-state index in [0.29, 0.717) is 0 Å². The Morgan fingerprint density at radius 2 is 0.830 bits per heavy atom. The summed E-state index contributed by atoms with van der Waals surface area (Å²) < 4.78 is 0. The van der Waals surface area contributed by atoms with E-state index in [4.69, 9.17) is 0 Å². The third kappa shape index (κ3) is 5.20. The molecule has 0 saturated carbocycles. The summed E-state index contributed by atoms with van der Waals surface area (Å²) in [6.07, 6.45) is 0. The number of hydrogen-bond acceptors (Lipinski definition) is 1. The van der Waals surface area contributed by atoms with E-state index >= 15 is 0 Å². The lowest BCUT2D eigenvalue weighted by Crippen LogP contribution is -2.17. The lowest BCUT2D eigenvalue weighted by atomic mass is 9.78. The molecule has 0 N–H and O–H groups in total. The van der Waals surface area contributed by atoms with Crippen LogP contribution < -0.4 is 4.90 Å². The van der Waals surface area contributed by atoms with Crippen molar-refractivity contribution in [1.29, 1.82) is 0 Å². The first-order chi connectivity index (χ1) is 25.4. The van der Waals surface area contributed by atoms with Crippen LogP contribution in [0, 0.1) is 0 Å². The summed E-state index contributed by atoms with van der Waals surface area (Å²) in [6, 6.07) is 59.0. The van der Waals surface area contributed by atoms with Gasteiger partial charge in [0.1, 0.15) is 0 Å². The van der Waals surface area contributed by atoms with Gasteiger partial charge in [-0.05, 0) is 114 Å². The van der Waals surface area contributed by atoms with Crippen molar-refractivity contribution in [3.8, 4) is 44.5 Å². The van der Waals surface area contributed by atoms with Gasteiger partial charge in [-0.15, -0.1) is 0 Å². The predicted molar refractivity (Wildman–Crippen MR) is 226 cm³/mol. The highest BCUT2D eigenvalue weighted by Crippen LogP contribution is 2.54. The monoisotopic (exact) mass is 685 g/mol. The molecule has 9 rings (SSSR count). The summed E-state index contributed by atoms with van der Waals surface area (Å²) >= 11 is 0. The molecule has 0 aromatic heterocycles. The minimum atomic E-state index is -0.0890. The van der Waals surface area contributed by atoms with Crippen LogP contribution in [0.1, 0.15) is 76.3 Å². The number of hydrogen-bond donors (Lipinski definition) is 0. The van der Waals surface area contributed by atoms with Crippen molar-refractivity contribution in [2.75, 3.05) is 4.90 Å². The fourth-order valence-corrected chi connectivity index (χ4v) is 9.22. The van der Waals surface area contributed by atoms with Crippen molar-refractivity contribution in [3.05, 3.63) is 186 Å². The SMILES string of the molecule is CC(C)(C)c1ccc(N(c2ccc(-c3ccccc3-c3cccc4c3C(C)(C)c3ccccc3-4)cc2)c2ccc3c(c2)C(C)(C)c2ccccc2-3)cc1. The van der Waals surface area contributed by atoms with Crippen molar-refractivity contribution >= 4 is 17.1 Å². The van der Waals surface area contributed by atoms with Gasteiger partial charge in [-0.25, -0.2) is 0 Å². The van der Waals surface area contributed by atoms with E-state index in [1.807, 2.05) is 0 Å². The van der Waals surface area contributed by atoms with E-state index in [-0.39, 0.29) is 16.2 Å². The standard InChI is InChI=1S/C52H47N/c1-50(2,3)35-25-29-37(30-26-35)53(38-31-32-43-41-17-10-12-21-46(41)51(4,5)48(43)33-38)36-27-23-34(24-28-36)39-15-8-9-16-40(39)44-19-14-20-45-42-18-11-13-22-47(42)52(6,7)49(44)45/h8-33H,1-7H3. The van der Waals surface area contributed by atoms with Gasteiger partial charge in [0, 0.05) is 27.9 Å². The maximum absolute atomic E-state index is 2.42. The summed E-state index contributed by atoms with van der Waals surface area (Å²) in [6.45, 7) is 16.3. The van der Waals surface area contributed by atoms with Crippen LogP contribution in [0.3, 0.4) is 0 Å². The number of rotatable bonds is 5. The molecule has 2 aliphatic rings. The minimum absolute atomic E-state index is 0.0786. The molecule has 0 spiro atoms. The van der Waals surface area contributed by atoms with Gasteiger partial charge in [0.25, 0.3) is 0 Å². The molecule has 0 unspecified atom stereocenters. The summed E-state index contributed by atoms with van der Waals surface area (Å²) in [5.74, 6) is 0. The molecule has 0 amide bonds. The molecule has 0 fully saturated rings. The highest BCUT2D eigenvalue weighted by Gasteiger charge is 2.38. The number of anilines is 3. The van der Waals surface area contributed by atoms with Crippen LogP contribution in [0.25, 0.3) is 44.5 Å². The predicted octanol–water partition coefficient (Wildman–Crippen LogP) is 14.4. The Balaban J connectivity index is 1.15. The van der Waals surface area contributed by atoms with Crippen LogP contribution in [0.4, 0.5) is 17.1 Å². The third-order valence-corrected chi connectivity index (χ3v) is 12.1. The van der Waals surface area contributed by atoms with Crippen molar-refractivity contribution in [3.63, 3.8) is 0 Å². The van der Waals surface area contributed by atoms with Gasteiger partial charge in [0.2, 0.25) is 0 Å². The fourth-order valence-electron chi connectivity index (χ4n) is 9.22. The first-order valence-electron chi connectivity index (χ1n) is 19.0. The highest BCUT2D eigenvalue weighted by atomic mass is 15.1. The maximum Gasteiger partial charge on any atom is 0.0465 e. The normalized spacial score (nSPS) is 14.6. The zero-order chi connectivity index (χ0) is 36.7. The Morgan fingerprint density at radius 3 is 1.45 bits per heavy atom. The molecule has 2 aliphatic carbocycles. The molecule has 0 saturated heterocycles. The zero-order valence-electron chi connectivity index (χ0n) is 32.0. The van der Waals surface area contributed by atoms with Gasteiger partial charge < -0.3 is 4.90 Å². The molecule has 7 aromatic carbocycles. The molecule has 1 heteroatoms. The van der Waals surface area contributed by atoms with Gasteiger partial charge in [0.15, 0.2) is 0 Å². The van der Waals surface area contributed by atoms with Crippen LogP contribution in [-0.4, -0.2) is 0 Å². The van der Waals surface area contributed by atoms with E-state index in [1.165, 1.54) is 78.0 Å². The second-order valence-electron chi connectivity index (χ2n) is 17.0. The average molecular weight is 686 g/mol. The molecule has 0 atom stereocenters. The Kier molecular flexibility index (Phi) is 7.48. The van der Waals surface area contributed by atoms with Crippen LogP contribution in [0.15, 0.2) is 158 Å².